The number of nitrogens with zero attached hydrogens (tertiary/aromatic N) is 3. The molecule has 3 heteroatoms. The predicted octanol–water partition coefficient (Wildman–Crippen LogP) is 16.0. The van der Waals surface area contributed by atoms with Gasteiger partial charge in [-0.3, -0.25) is 9.97 Å². The summed E-state index contributed by atoms with van der Waals surface area (Å²) in [6.07, 6.45) is 3.58. The Morgan fingerprint density at radius 3 is 1.38 bits per heavy atom. The van der Waals surface area contributed by atoms with Crippen molar-refractivity contribution >= 4 is 54.4 Å². The van der Waals surface area contributed by atoms with Crippen LogP contribution in [-0.2, 0) is 5.41 Å². The smallest absolute Gasteiger partial charge is 0.0971 e. The number of para-hydroxylation sites is 2. The quantitative estimate of drug-likeness (QED) is 0.162. The third kappa shape index (κ3) is 5.54. The second-order valence-electron chi connectivity index (χ2n) is 17.8. The van der Waals surface area contributed by atoms with Gasteiger partial charge in [-0.05, 0) is 120 Å². The molecule has 3 nitrogen and oxygen atoms in total. The topological polar surface area (TPSA) is 30.7 Å². The minimum Gasteiger partial charge on any atom is -0.309 e. The van der Waals surface area contributed by atoms with Crippen LogP contribution in [0.2, 0.25) is 0 Å². The molecule has 1 aliphatic rings. The summed E-state index contributed by atoms with van der Waals surface area (Å²) in [6.45, 7) is 4.75. The number of hydrogen-bond donors (Lipinski definition) is 0. The maximum absolute atomic E-state index is 4.77. The van der Waals surface area contributed by atoms with E-state index in [0.717, 1.165) is 21.8 Å². The molecule has 0 saturated heterocycles. The lowest BCUT2D eigenvalue weighted by Crippen LogP contribution is -2.15. The van der Waals surface area contributed by atoms with Crippen LogP contribution in [0.1, 0.15) is 25.0 Å². The molecule has 0 saturated carbocycles. The molecule has 10 aromatic carbocycles. The summed E-state index contributed by atoms with van der Waals surface area (Å²) >= 11 is 0. The Hall–Kier alpha value is -8.14. The van der Waals surface area contributed by atoms with Crippen LogP contribution in [0, 0.1) is 0 Å². The first-order chi connectivity index (χ1) is 31.5. The molecule has 0 aliphatic heterocycles. The van der Waals surface area contributed by atoms with Gasteiger partial charge in [-0.15, -0.1) is 0 Å². The summed E-state index contributed by atoms with van der Waals surface area (Å²) in [4.78, 5) is 9.49. The first kappa shape index (κ1) is 36.5. The normalized spacial score (nSPS) is 13.0. The molecule has 0 spiro atoms. The van der Waals surface area contributed by atoms with Crippen molar-refractivity contribution in [3.63, 3.8) is 0 Å². The summed E-state index contributed by atoms with van der Waals surface area (Å²) in [7, 11) is 0. The molecule has 12 aromatic rings. The lowest BCUT2D eigenvalue weighted by molar-refractivity contribution is 0.661. The van der Waals surface area contributed by atoms with Gasteiger partial charge in [-0.1, -0.05) is 172 Å². The van der Waals surface area contributed by atoms with E-state index in [-0.39, 0.29) is 5.41 Å². The molecular weight excluding hydrogens is 775 g/mol. The molecule has 0 unspecified atom stereocenters. The molecule has 2 heterocycles. The summed E-state index contributed by atoms with van der Waals surface area (Å²) in [5.74, 6) is 0. The van der Waals surface area contributed by atoms with E-state index in [4.69, 9.17) is 9.97 Å². The van der Waals surface area contributed by atoms with Gasteiger partial charge in [0.1, 0.15) is 0 Å². The van der Waals surface area contributed by atoms with Crippen LogP contribution < -0.4 is 0 Å². The van der Waals surface area contributed by atoms with Gasteiger partial charge in [0, 0.05) is 45.0 Å². The highest BCUT2D eigenvalue weighted by molar-refractivity contribution is 6.23. The van der Waals surface area contributed by atoms with Gasteiger partial charge in [-0.25, -0.2) is 0 Å². The molecule has 2 aromatic heterocycles. The van der Waals surface area contributed by atoms with E-state index in [1.165, 1.54) is 105 Å². The van der Waals surface area contributed by atoms with E-state index >= 15 is 0 Å². The molecule has 13 rings (SSSR count). The largest absolute Gasteiger partial charge is 0.309 e. The lowest BCUT2D eigenvalue weighted by Gasteiger charge is -2.23. The van der Waals surface area contributed by atoms with Crippen LogP contribution >= 0.6 is 0 Å². The summed E-state index contributed by atoms with van der Waals surface area (Å²) in [5.41, 5.74) is 20.4. The highest BCUT2D eigenvalue weighted by Crippen LogP contribution is 2.51. The van der Waals surface area contributed by atoms with Crippen molar-refractivity contribution in [2.75, 3.05) is 0 Å². The summed E-state index contributed by atoms with van der Waals surface area (Å²) in [6, 6.07) is 73.7. The van der Waals surface area contributed by atoms with Crippen LogP contribution in [0.4, 0.5) is 0 Å². The average Bonchev–Trinajstić information content (AvgIpc) is 3.81. The third-order valence-electron chi connectivity index (χ3n) is 13.9. The Morgan fingerprint density at radius 2 is 0.750 bits per heavy atom. The van der Waals surface area contributed by atoms with E-state index in [2.05, 4.69) is 219 Å². The van der Waals surface area contributed by atoms with Gasteiger partial charge in [0.05, 0.1) is 22.1 Å². The van der Waals surface area contributed by atoms with Gasteiger partial charge in [-0.2, -0.15) is 0 Å². The molecule has 0 atom stereocenters. The van der Waals surface area contributed by atoms with E-state index in [1.54, 1.807) is 12.4 Å². The van der Waals surface area contributed by atoms with Crippen LogP contribution in [0.3, 0.4) is 0 Å². The molecule has 64 heavy (non-hydrogen) atoms. The number of hydrogen-bond acceptors (Lipinski definition) is 2. The first-order valence-corrected chi connectivity index (χ1v) is 22.1. The highest BCUT2D eigenvalue weighted by atomic mass is 15.0. The fourth-order valence-electron chi connectivity index (χ4n) is 10.6. The Kier molecular flexibility index (Phi) is 7.95. The number of fused-ring (bicyclic) bond motifs is 12. The molecular formula is C61H41N3. The Bertz CT molecular complexity index is 3800. The van der Waals surface area contributed by atoms with Gasteiger partial charge >= 0.3 is 0 Å². The zero-order valence-electron chi connectivity index (χ0n) is 35.5. The third-order valence-corrected chi connectivity index (χ3v) is 13.9. The fourth-order valence-corrected chi connectivity index (χ4v) is 10.6. The maximum Gasteiger partial charge on any atom is 0.0971 e. The van der Waals surface area contributed by atoms with Crippen LogP contribution in [0.15, 0.2) is 213 Å². The lowest BCUT2D eigenvalue weighted by atomic mass is 9.80. The van der Waals surface area contributed by atoms with Crippen LogP contribution in [0.5, 0.6) is 0 Å². The summed E-state index contributed by atoms with van der Waals surface area (Å²) < 4.78 is 2.38. The predicted molar refractivity (Wildman–Crippen MR) is 268 cm³/mol. The average molecular weight is 816 g/mol. The van der Waals surface area contributed by atoms with Crippen molar-refractivity contribution in [3.8, 4) is 61.3 Å². The first-order valence-electron chi connectivity index (χ1n) is 22.1. The fraction of sp³-hybridized carbons (Fsp3) is 0.0492. The maximum atomic E-state index is 4.77. The van der Waals surface area contributed by atoms with Crippen molar-refractivity contribution in [1.82, 2.24) is 14.5 Å². The molecule has 0 fully saturated rings. The SMILES string of the molecule is CC1(C)c2cc(-c3ccc(-c4ccc(-c5ccc6c7ccccc7n(-c7ccccc7)c6c5)cc4)cc3)ccc2-c2ccc(-c3ccc4c(c3)c3ccccc3c3nccnc43)cc21. The Labute approximate surface area is 371 Å². The van der Waals surface area contributed by atoms with E-state index in [1.807, 2.05) is 0 Å². The van der Waals surface area contributed by atoms with E-state index < -0.39 is 0 Å². The minimum atomic E-state index is -0.156. The molecule has 0 radical (unpaired) electrons. The standard InChI is InChI=1S/C61H41N3/c1-61(2)55-35-43(24-28-48(55)49-29-25-44(36-56(49)61)42-27-31-53-54(34-42)47-12-6-7-14-52(47)59-60(53)63-33-32-62-59)40-20-16-38(17-21-40)39-18-22-41(23-19-39)45-26-30-51-50-13-8-9-15-57(50)64(58(51)37-45)46-10-4-3-5-11-46/h3-37H,1-2H3. The van der Waals surface area contributed by atoms with Gasteiger partial charge < -0.3 is 4.57 Å². The molecule has 0 N–H and O–H groups in total. The molecule has 300 valence electrons. The van der Waals surface area contributed by atoms with E-state index in [0.29, 0.717) is 0 Å². The van der Waals surface area contributed by atoms with Crippen molar-refractivity contribution < 1.29 is 0 Å². The van der Waals surface area contributed by atoms with E-state index in [9.17, 15) is 0 Å². The molecule has 1 aliphatic carbocycles. The van der Waals surface area contributed by atoms with Crippen molar-refractivity contribution in [3.05, 3.63) is 224 Å². The van der Waals surface area contributed by atoms with Crippen molar-refractivity contribution in [1.29, 1.82) is 0 Å². The number of benzene rings is 10. The molecule has 0 bridgehead atoms. The van der Waals surface area contributed by atoms with Gasteiger partial charge in [0.15, 0.2) is 0 Å². The Balaban J connectivity index is 0.786. The van der Waals surface area contributed by atoms with Gasteiger partial charge in [0.2, 0.25) is 0 Å². The second kappa shape index (κ2) is 13.9. The second-order valence-corrected chi connectivity index (χ2v) is 17.8. The summed E-state index contributed by atoms with van der Waals surface area (Å²) in [5, 5.41) is 7.21. The van der Waals surface area contributed by atoms with Crippen LogP contribution in [0.25, 0.3) is 116 Å². The zero-order chi connectivity index (χ0) is 42.5. The highest BCUT2D eigenvalue weighted by Gasteiger charge is 2.36. The Morgan fingerprint density at radius 1 is 0.328 bits per heavy atom. The minimum absolute atomic E-state index is 0.156. The van der Waals surface area contributed by atoms with Crippen molar-refractivity contribution in [2.45, 2.75) is 19.3 Å². The zero-order valence-corrected chi connectivity index (χ0v) is 35.5. The number of aromatic nitrogens is 3. The van der Waals surface area contributed by atoms with Gasteiger partial charge in [0.25, 0.3) is 0 Å². The van der Waals surface area contributed by atoms with Crippen LogP contribution in [-0.4, -0.2) is 14.5 Å². The monoisotopic (exact) mass is 815 g/mol. The molecule has 0 amide bonds. The number of rotatable bonds is 5. The van der Waals surface area contributed by atoms with Crippen molar-refractivity contribution in [2.24, 2.45) is 0 Å².